The number of aryl methyl sites for hydroxylation is 2. The first-order chi connectivity index (χ1) is 14.4. The maximum absolute atomic E-state index is 13.2. The van der Waals surface area contributed by atoms with E-state index in [1.54, 1.807) is 23.5 Å². The van der Waals surface area contributed by atoms with Crippen LogP contribution in [0, 0.1) is 11.7 Å². The molecule has 3 aromatic rings. The molecule has 0 saturated carbocycles. The molecule has 1 aromatic carbocycles. The van der Waals surface area contributed by atoms with Crippen molar-refractivity contribution in [2.24, 2.45) is 5.92 Å². The van der Waals surface area contributed by atoms with Crippen LogP contribution in [0.3, 0.4) is 0 Å². The third-order valence-corrected chi connectivity index (χ3v) is 7.44. The number of aromatic nitrogens is 2. The maximum atomic E-state index is 13.2. The maximum Gasteiger partial charge on any atom is 0.259 e. The summed E-state index contributed by atoms with van der Waals surface area (Å²) in [6, 6.07) is 6.04. The van der Waals surface area contributed by atoms with Crippen LogP contribution in [-0.4, -0.2) is 21.6 Å². The Balaban J connectivity index is 1.37. The molecule has 30 heavy (non-hydrogen) atoms. The fourth-order valence-corrected chi connectivity index (χ4v) is 5.86. The number of hydrogen-bond acceptors (Lipinski definition) is 5. The Bertz CT molecular complexity index is 1120. The van der Waals surface area contributed by atoms with Crippen molar-refractivity contribution in [1.82, 2.24) is 15.3 Å². The van der Waals surface area contributed by atoms with E-state index in [1.165, 1.54) is 34.3 Å². The lowest BCUT2D eigenvalue weighted by molar-refractivity contribution is -0.119. The van der Waals surface area contributed by atoms with E-state index in [9.17, 15) is 14.0 Å². The van der Waals surface area contributed by atoms with Crippen LogP contribution in [0.4, 0.5) is 4.39 Å². The van der Waals surface area contributed by atoms with E-state index in [2.05, 4.69) is 15.3 Å². The van der Waals surface area contributed by atoms with E-state index in [4.69, 9.17) is 0 Å². The lowest BCUT2D eigenvalue weighted by Gasteiger charge is -2.23. The molecular formula is C22H24FN3O2S2. The normalized spacial score (nSPS) is 14.3. The van der Waals surface area contributed by atoms with Gasteiger partial charge in [-0.05, 0) is 48.4 Å². The highest BCUT2D eigenvalue weighted by molar-refractivity contribution is 7.99. The molecule has 0 bridgehead atoms. The molecule has 1 aliphatic rings. The summed E-state index contributed by atoms with van der Waals surface area (Å²) in [4.78, 5) is 34.6. The van der Waals surface area contributed by atoms with Crippen molar-refractivity contribution in [2.75, 3.05) is 5.75 Å². The van der Waals surface area contributed by atoms with Gasteiger partial charge < -0.3 is 10.3 Å². The van der Waals surface area contributed by atoms with Crippen molar-refractivity contribution in [3.8, 4) is 0 Å². The second-order valence-electron chi connectivity index (χ2n) is 7.88. The fourth-order valence-electron chi connectivity index (χ4n) is 3.88. The summed E-state index contributed by atoms with van der Waals surface area (Å²) < 4.78 is 13.2. The average molecular weight is 446 g/mol. The molecule has 1 atom stereocenters. The number of amides is 1. The number of hydrogen-bond donors (Lipinski definition) is 2. The van der Waals surface area contributed by atoms with Crippen LogP contribution < -0.4 is 10.9 Å². The molecule has 8 heteroatoms. The molecule has 1 unspecified atom stereocenters. The largest absolute Gasteiger partial charge is 0.348 e. The molecule has 2 N–H and O–H groups in total. The van der Waals surface area contributed by atoms with Gasteiger partial charge in [0, 0.05) is 4.88 Å². The number of halogens is 1. The Morgan fingerprint density at radius 1 is 1.30 bits per heavy atom. The number of benzene rings is 1. The molecule has 0 aliphatic heterocycles. The van der Waals surface area contributed by atoms with Gasteiger partial charge in [-0.25, -0.2) is 9.37 Å². The summed E-state index contributed by atoms with van der Waals surface area (Å²) in [5.74, 6) is 1.10. The summed E-state index contributed by atoms with van der Waals surface area (Å²) in [5.41, 5.74) is 1.98. The average Bonchev–Trinajstić information content (AvgIpc) is 3.27. The number of thioether (sulfide) groups is 1. The molecule has 0 radical (unpaired) electrons. The summed E-state index contributed by atoms with van der Waals surface area (Å²) in [7, 11) is 0. The molecule has 2 heterocycles. The first-order valence-electron chi connectivity index (χ1n) is 10.1. The molecule has 0 fully saturated rings. The van der Waals surface area contributed by atoms with Crippen molar-refractivity contribution in [2.45, 2.75) is 44.9 Å². The Labute approximate surface area is 182 Å². The van der Waals surface area contributed by atoms with Crippen LogP contribution in [-0.2, 0) is 23.4 Å². The zero-order valence-electron chi connectivity index (χ0n) is 17.0. The number of aromatic amines is 1. The lowest BCUT2D eigenvalue weighted by atomic mass is 9.96. The van der Waals surface area contributed by atoms with Crippen LogP contribution in [0.2, 0.25) is 0 Å². The number of rotatable bonds is 7. The van der Waals surface area contributed by atoms with E-state index in [1.807, 2.05) is 13.8 Å². The number of nitrogens with one attached hydrogen (secondary N) is 2. The zero-order valence-corrected chi connectivity index (χ0v) is 18.6. The molecular weight excluding hydrogens is 421 g/mol. The molecule has 5 nitrogen and oxygen atoms in total. The van der Waals surface area contributed by atoms with Crippen molar-refractivity contribution in [1.29, 1.82) is 0 Å². The number of nitrogens with zero attached hydrogens (tertiary/aromatic N) is 1. The smallest absolute Gasteiger partial charge is 0.259 e. The van der Waals surface area contributed by atoms with E-state index < -0.39 is 0 Å². The van der Waals surface area contributed by atoms with Crippen LogP contribution >= 0.6 is 23.1 Å². The van der Waals surface area contributed by atoms with Gasteiger partial charge >= 0.3 is 0 Å². The van der Waals surface area contributed by atoms with Gasteiger partial charge in [0.2, 0.25) is 5.91 Å². The predicted octanol–water partition coefficient (Wildman–Crippen LogP) is 4.36. The van der Waals surface area contributed by atoms with E-state index in [0.717, 1.165) is 35.0 Å². The number of carbonyl (C=O) groups excluding carboxylic acids is 1. The third kappa shape index (κ3) is 4.44. The summed E-state index contributed by atoms with van der Waals surface area (Å²) in [6.45, 7) is 4.04. The number of H-pyrrole nitrogens is 1. The first-order valence-corrected chi connectivity index (χ1v) is 12.1. The van der Waals surface area contributed by atoms with Gasteiger partial charge in [-0.1, -0.05) is 26.0 Å². The summed E-state index contributed by atoms with van der Waals surface area (Å²) in [5, 5.41) is 3.78. The fraction of sp³-hybridized carbons (Fsp3) is 0.409. The third-order valence-electron chi connectivity index (χ3n) is 5.31. The van der Waals surface area contributed by atoms with Gasteiger partial charge in [-0.2, -0.15) is 0 Å². The van der Waals surface area contributed by atoms with Gasteiger partial charge in [-0.3, -0.25) is 9.59 Å². The number of fused-ring (bicyclic) bond motifs is 3. The van der Waals surface area contributed by atoms with Crippen molar-refractivity contribution in [3.63, 3.8) is 0 Å². The molecule has 0 saturated heterocycles. The quantitative estimate of drug-likeness (QED) is 0.567. The van der Waals surface area contributed by atoms with Crippen LogP contribution in [0.15, 0.2) is 29.1 Å². The second-order valence-corrected chi connectivity index (χ2v) is 9.95. The highest BCUT2D eigenvalue weighted by atomic mass is 32.2. The van der Waals surface area contributed by atoms with Gasteiger partial charge in [0.1, 0.15) is 16.5 Å². The van der Waals surface area contributed by atoms with E-state index >= 15 is 0 Å². The topological polar surface area (TPSA) is 74.8 Å². The molecule has 2 aromatic heterocycles. The van der Waals surface area contributed by atoms with Crippen molar-refractivity contribution < 1.29 is 9.18 Å². The van der Waals surface area contributed by atoms with Gasteiger partial charge in [0.15, 0.2) is 0 Å². The second kappa shape index (κ2) is 8.89. The van der Waals surface area contributed by atoms with Crippen molar-refractivity contribution in [3.05, 3.63) is 62.3 Å². The molecule has 1 aliphatic carbocycles. The van der Waals surface area contributed by atoms with Gasteiger partial charge in [-0.15, -0.1) is 23.1 Å². The molecule has 4 rings (SSSR count). The predicted molar refractivity (Wildman–Crippen MR) is 121 cm³/mol. The van der Waals surface area contributed by atoms with Crippen LogP contribution in [0.25, 0.3) is 10.2 Å². The Hall–Kier alpha value is -2.19. The van der Waals surface area contributed by atoms with Gasteiger partial charge in [0.05, 0.1) is 22.9 Å². The highest BCUT2D eigenvalue weighted by Crippen LogP contribution is 2.34. The minimum absolute atomic E-state index is 0.0735. The number of carbonyl (C=O) groups is 1. The van der Waals surface area contributed by atoms with Crippen LogP contribution in [0.5, 0.6) is 0 Å². The molecule has 0 spiro atoms. The highest BCUT2D eigenvalue weighted by Gasteiger charge is 2.21. The number of thiophene rings is 1. The minimum Gasteiger partial charge on any atom is -0.348 e. The van der Waals surface area contributed by atoms with E-state index in [0.29, 0.717) is 11.6 Å². The molecule has 1 amide bonds. The zero-order chi connectivity index (χ0) is 21.3. The molecule has 158 valence electrons. The lowest BCUT2D eigenvalue weighted by Crippen LogP contribution is -2.33. The van der Waals surface area contributed by atoms with Gasteiger partial charge in [0.25, 0.3) is 5.56 Å². The standard InChI is InChI=1S/C22H24FN3O2S2/c1-12(2)20(13-6-8-14(23)9-7-13)26-18(27)11-29-10-17-24-21(28)19-15-4-3-5-16(15)30-22(19)25-17/h6-9,12,20H,3-5,10-11H2,1-2H3,(H,26,27)(H,24,25,28). The first kappa shape index (κ1) is 21.1. The SMILES string of the molecule is CC(C)C(NC(=O)CSCc1nc2sc3c(c2c(=O)[nH]1)CCC3)c1ccc(F)cc1. The minimum atomic E-state index is -0.294. The Kier molecular flexibility index (Phi) is 6.24. The summed E-state index contributed by atoms with van der Waals surface area (Å²) in [6.07, 6.45) is 3.10. The van der Waals surface area contributed by atoms with Crippen molar-refractivity contribution >= 4 is 39.2 Å². The monoisotopic (exact) mass is 445 g/mol. The Morgan fingerprint density at radius 3 is 2.80 bits per heavy atom. The Morgan fingerprint density at radius 2 is 2.07 bits per heavy atom. The van der Waals surface area contributed by atoms with Crippen LogP contribution in [0.1, 0.15) is 48.1 Å². The summed E-state index contributed by atoms with van der Waals surface area (Å²) >= 11 is 3.03. The van der Waals surface area contributed by atoms with E-state index in [-0.39, 0.29) is 35.0 Å².